The zero-order chi connectivity index (χ0) is 22.7. The number of hydrogen-bond donors (Lipinski definition) is 0. The van der Waals surface area contributed by atoms with Crippen molar-refractivity contribution < 1.29 is 22.6 Å². The Morgan fingerprint density at radius 1 is 0.903 bits per heavy atom. The van der Waals surface area contributed by atoms with Crippen molar-refractivity contribution in [2.75, 3.05) is 25.2 Å². The molecule has 0 spiro atoms. The second kappa shape index (κ2) is 12.4. The average molecular weight is 440 g/mol. The third kappa shape index (κ3) is 7.60. The van der Waals surface area contributed by atoms with Gasteiger partial charge in [-0.2, -0.15) is 18.2 Å². The van der Waals surface area contributed by atoms with Crippen molar-refractivity contribution in [2.45, 2.75) is 65.0 Å². The van der Waals surface area contributed by atoms with E-state index in [4.69, 9.17) is 9.47 Å². The van der Waals surface area contributed by atoms with Gasteiger partial charge in [-0.1, -0.05) is 58.1 Å². The van der Waals surface area contributed by atoms with Gasteiger partial charge in [-0.15, -0.1) is 0 Å². The molecule has 5 nitrogen and oxygen atoms in total. The van der Waals surface area contributed by atoms with E-state index in [2.05, 4.69) is 23.8 Å². The Balaban J connectivity index is 2.26. The molecule has 0 unspecified atom stereocenters. The number of benzene rings is 1. The highest BCUT2D eigenvalue weighted by Gasteiger charge is 2.37. The van der Waals surface area contributed by atoms with Crippen LogP contribution in [0.5, 0.6) is 11.8 Å². The second-order valence-electron chi connectivity index (χ2n) is 7.38. The van der Waals surface area contributed by atoms with Crippen molar-refractivity contribution in [3.8, 4) is 11.8 Å². The summed E-state index contributed by atoms with van der Waals surface area (Å²) in [6.07, 6.45) is 3.15. The number of nitrogens with zero attached hydrogens (tertiary/aromatic N) is 3. The molecular weight excluding hydrogens is 407 g/mol. The fourth-order valence-corrected chi connectivity index (χ4v) is 3.08. The molecule has 0 atom stereocenters. The molecular formula is C23H32F3N3O2. The van der Waals surface area contributed by atoms with Gasteiger partial charge in [0.15, 0.2) is 5.82 Å². The van der Waals surface area contributed by atoms with Crippen LogP contribution in [0.2, 0.25) is 0 Å². The van der Waals surface area contributed by atoms with Gasteiger partial charge in [0.25, 0.3) is 0 Å². The van der Waals surface area contributed by atoms with E-state index in [-0.39, 0.29) is 11.8 Å². The number of rotatable bonds is 13. The van der Waals surface area contributed by atoms with E-state index in [9.17, 15) is 13.2 Å². The first-order chi connectivity index (χ1) is 14.9. The first-order valence-electron chi connectivity index (χ1n) is 10.9. The van der Waals surface area contributed by atoms with Crippen LogP contribution in [0.15, 0.2) is 30.5 Å². The summed E-state index contributed by atoms with van der Waals surface area (Å²) in [5.74, 6) is 0.244. The third-order valence-corrected chi connectivity index (χ3v) is 4.83. The zero-order valence-corrected chi connectivity index (χ0v) is 18.5. The van der Waals surface area contributed by atoms with Crippen molar-refractivity contribution in [1.29, 1.82) is 0 Å². The standard InChI is InChI=1S/C23H32F3N3O2/c1-4-6-8-12-15-30-20-14-10-9-13-19(20)29(3)21-18(23(24,25)26)17-27-22(28-21)31-16-11-7-5-2/h9-10,13-14,17H,4-8,11-12,15-16H2,1-3H3. The summed E-state index contributed by atoms with van der Waals surface area (Å²) in [4.78, 5) is 9.24. The summed E-state index contributed by atoms with van der Waals surface area (Å²) in [5, 5.41) is 0. The third-order valence-electron chi connectivity index (χ3n) is 4.83. The summed E-state index contributed by atoms with van der Waals surface area (Å²) < 4.78 is 52.3. The molecule has 0 saturated heterocycles. The van der Waals surface area contributed by atoms with Crippen molar-refractivity contribution in [1.82, 2.24) is 9.97 Å². The fourth-order valence-electron chi connectivity index (χ4n) is 3.08. The normalized spacial score (nSPS) is 11.4. The van der Waals surface area contributed by atoms with Crippen molar-refractivity contribution >= 4 is 11.5 Å². The Morgan fingerprint density at radius 2 is 1.55 bits per heavy atom. The van der Waals surface area contributed by atoms with Crippen LogP contribution in [0.1, 0.15) is 64.4 Å². The number of aromatic nitrogens is 2. The molecule has 2 rings (SSSR count). The quantitative estimate of drug-likeness (QED) is 0.322. The van der Waals surface area contributed by atoms with Gasteiger partial charge in [0.2, 0.25) is 0 Å². The van der Waals surface area contributed by atoms with Crippen molar-refractivity contribution in [2.24, 2.45) is 0 Å². The maximum Gasteiger partial charge on any atom is 0.421 e. The van der Waals surface area contributed by atoms with Crippen LogP contribution in [0.25, 0.3) is 0 Å². The van der Waals surface area contributed by atoms with Crippen molar-refractivity contribution in [3.05, 3.63) is 36.0 Å². The second-order valence-corrected chi connectivity index (χ2v) is 7.38. The van der Waals surface area contributed by atoms with E-state index >= 15 is 0 Å². The van der Waals surface area contributed by atoms with E-state index in [1.54, 1.807) is 24.3 Å². The molecule has 0 aliphatic carbocycles. The summed E-state index contributed by atoms with van der Waals surface area (Å²) >= 11 is 0. The molecule has 1 heterocycles. The van der Waals surface area contributed by atoms with E-state index in [0.717, 1.165) is 51.1 Å². The summed E-state index contributed by atoms with van der Waals surface area (Å²) in [6.45, 7) is 5.06. The summed E-state index contributed by atoms with van der Waals surface area (Å²) in [5.41, 5.74) is -0.423. The van der Waals surface area contributed by atoms with Crippen LogP contribution in [-0.2, 0) is 6.18 Å². The maximum absolute atomic E-state index is 13.7. The predicted octanol–water partition coefficient (Wildman–Crippen LogP) is 6.79. The van der Waals surface area contributed by atoms with Gasteiger partial charge in [-0.25, -0.2) is 4.98 Å². The molecule has 0 N–H and O–H groups in total. The Morgan fingerprint density at radius 3 is 2.26 bits per heavy atom. The summed E-state index contributed by atoms with van der Waals surface area (Å²) in [7, 11) is 1.54. The highest BCUT2D eigenvalue weighted by molar-refractivity contribution is 5.68. The lowest BCUT2D eigenvalue weighted by Gasteiger charge is -2.24. The molecule has 172 valence electrons. The lowest BCUT2D eigenvalue weighted by molar-refractivity contribution is -0.137. The van der Waals surface area contributed by atoms with E-state index in [1.165, 1.54) is 11.9 Å². The molecule has 0 radical (unpaired) electrons. The molecule has 2 aromatic rings. The Bertz CT molecular complexity index is 800. The highest BCUT2D eigenvalue weighted by atomic mass is 19.4. The number of anilines is 2. The van der Waals surface area contributed by atoms with Gasteiger partial charge in [0.05, 0.1) is 18.9 Å². The number of hydrogen-bond acceptors (Lipinski definition) is 5. The molecule has 0 aliphatic rings. The molecule has 0 fully saturated rings. The van der Waals surface area contributed by atoms with Gasteiger partial charge in [-0.05, 0) is 25.0 Å². The smallest absolute Gasteiger partial charge is 0.421 e. The van der Waals surface area contributed by atoms with Gasteiger partial charge in [0, 0.05) is 13.2 Å². The minimum absolute atomic E-state index is 0.0658. The maximum atomic E-state index is 13.7. The number of halogens is 3. The molecule has 31 heavy (non-hydrogen) atoms. The number of para-hydroxylation sites is 2. The van der Waals surface area contributed by atoms with Crippen LogP contribution < -0.4 is 14.4 Å². The molecule has 8 heteroatoms. The molecule has 0 bridgehead atoms. The van der Waals surface area contributed by atoms with Gasteiger partial charge in [-0.3, -0.25) is 0 Å². The van der Waals surface area contributed by atoms with Crippen LogP contribution >= 0.6 is 0 Å². The fraction of sp³-hybridized carbons (Fsp3) is 0.565. The molecule has 0 saturated carbocycles. The van der Waals surface area contributed by atoms with E-state index in [1.807, 2.05) is 0 Å². The first kappa shape index (κ1) is 24.8. The lowest BCUT2D eigenvalue weighted by atomic mass is 10.2. The van der Waals surface area contributed by atoms with Gasteiger partial charge >= 0.3 is 12.2 Å². The van der Waals surface area contributed by atoms with Gasteiger partial charge < -0.3 is 14.4 Å². The minimum atomic E-state index is -4.60. The van der Waals surface area contributed by atoms with Crippen LogP contribution in [0, 0.1) is 0 Å². The topological polar surface area (TPSA) is 47.5 Å². The average Bonchev–Trinajstić information content (AvgIpc) is 2.75. The number of unbranched alkanes of at least 4 members (excludes halogenated alkanes) is 5. The first-order valence-corrected chi connectivity index (χ1v) is 10.9. The minimum Gasteiger partial charge on any atom is -0.491 e. The summed E-state index contributed by atoms with van der Waals surface area (Å²) in [6, 6.07) is 6.95. The largest absolute Gasteiger partial charge is 0.491 e. The van der Waals surface area contributed by atoms with Crippen LogP contribution in [-0.4, -0.2) is 30.2 Å². The molecule has 0 aliphatic heterocycles. The Hall–Kier alpha value is -2.51. The van der Waals surface area contributed by atoms with Crippen LogP contribution in [0.4, 0.5) is 24.7 Å². The monoisotopic (exact) mass is 439 g/mol. The number of alkyl halides is 3. The molecule has 1 aromatic carbocycles. The Labute approximate surface area is 182 Å². The van der Waals surface area contributed by atoms with Gasteiger partial charge in [0.1, 0.15) is 11.3 Å². The highest BCUT2D eigenvalue weighted by Crippen LogP contribution is 2.40. The Kier molecular flexibility index (Phi) is 9.88. The predicted molar refractivity (Wildman–Crippen MR) is 116 cm³/mol. The molecule has 1 aromatic heterocycles. The van der Waals surface area contributed by atoms with E-state index < -0.39 is 11.7 Å². The lowest BCUT2D eigenvalue weighted by Crippen LogP contribution is -2.20. The molecule has 0 amide bonds. The van der Waals surface area contributed by atoms with Crippen molar-refractivity contribution in [3.63, 3.8) is 0 Å². The zero-order valence-electron chi connectivity index (χ0n) is 18.5. The SMILES string of the molecule is CCCCCCOc1ccccc1N(C)c1nc(OCCCCC)ncc1C(F)(F)F. The van der Waals surface area contributed by atoms with E-state index in [0.29, 0.717) is 24.7 Å². The van der Waals surface area contributed by atoms with Crippen LogP contribution in [0.3, 0.4) is 0 Å². The number of ether oxygens (including phenoxy) is 2.